The van der Waals surface area contributed by atoms with E-state index in [1.54, 1.807) is 12.1 Å². The summed E-state index contributed by atoms with van der Waals surface area (Å²) in [6, 6.07) is 8.38. The summed E-state index contributed by atoms with van der Waals surface area (Å²) in [6.07, 6.45) is 1.21. The van der Waals surface area contributed by atoms with Crippen molar-refractivity contribution in [3.63, 3.8) is 0 Å². The van der Waals surface area contributed by atoms with Crippen LogP contribution in [0.1, 0.15) is 34.1 Å². The number of Topliss-reactive ketones (excluding diaryl/α,β-unsaturated/α-hetero) is 1. The molecule has 0 fully saturated rings. The van der Waals surface area contributed by atoms with Crippen molar-refractivity contribution in [1.29, 1.82) is 0 Å². The maximum atomic E-state index is 12.8. The summed E-state index contributed by atoms with van der Waals surface area (Å²) in [6.45, 7) is 1.86. The van der Waals surface area contributed by atoms with Crippen LogP contribution in [-0.2, 0) is 6.42 Å². The Morgan fingerprint density at radius 1 is 1.24 bits per heavy atom. The van der Waals surface area contributed by atoms with Gasteiger partial charge in [-0.2, -0.15) is 0 Å². The lowest BCUT2D eigenvalue weighted by Crippen LogP contribution is -1.98. The topological polar surface area (TPSA) is 17.1 Å². The predicted octanol–water partition coefficient (Wildman–Crippen LogP) is 4.07. The molecule has 1 aromatic carbocycles. The summed E-state index contributed by atoms with van der Waals surface area (Å²) in [4.78, 5) is 12.5. The van der Waals surface area contributed by atoms with Crippen molar-refractivity contribution in [1.82, 2.24) is 0 Å². The molecule has 1 nitrogen and oxygen atoms in total. The molecule has 0 saturated heterocycles. The molecule has 0 saturated carbocycles. The Hall–Kier alpha value is -1.48. The van der Waals surface area contributed by atoms with E-state index < -0.39 is 0 Å². The second-order valence-electron chi connectivity index (χ2n) is 3.85. The van der Waals surface area contributed by atoms with E-state index in [0.29, 0.717) is 12.8 Å². The molecule has 17 heavy (non-hydrogen) atoms. The van der Waals surface area contributed by atoms with Crippen LogP contribution in [0.4, 0.5) is 4.39 Å². The Morgan fingerprint density at radius 3 is 2.59 bits per heavy atom. The van der Waals surface area contributed by atoms with Gasteiger partial charge in [-0.3, -0.25) is 4.79 Å². The summed E-state index contributed by atoms with van der Waals surface area (Å²) in [5, 5.41) is 1.93. The van der Waals surface area contributed by atoms with E-state index in [-0.39, 0.29) is 11.6 Å². The highest BCUT2D eigenvalue weighted by Gasteiger charge is 2.11. The Labute approximate surface area is 104 Å². The van der Waals surface area contributed by atoms with Crippen LogP contribution in [0.15, 0.2) is 35.7 Å². The monoisotopic (exact) mass is 248 g/mol. The van der Waals surface area contributed by atoms with E-state index >= 15 is 0 Å². The summed E-state index contributed by atoms with van der Waals surface area (Å²) >= 11 is 1.48. The number of hydrogen-bond donors (Lipinski definition) is 0. The fourth-order valence-corrected chi connectivity index (χ4v) is 2.64. The van der Waals surface area contributed by atoms with Gasteiger partial charge in [-0.15, -0.1) is 11.3 Å². The molecule has 0 amide bonds. The van der Waals surface area contributed by atoms with Gasteiger partial charge >= 0.3 is 0 Å². The SMILES string of the molecule is CCC(=O)c1sccc1Cc1ccc(F)cc1. The molecule has 3 heteroatoms. The van der Waals surface area contributed by atoms with Crippen LogP contribution in [0, 0.1) is 5.82 Å². The molecule has 0 N–H and O–H groups in total. The molecule has 0 aliphatic rings. The van der Waals surface area contributed by atoms with E-state index in [1.807, 2.05) is 18.4 Å². The number of halogens is 1. The Balaban J connectivity index is 2.21. The highest BCUT2D eigenvalue weighted by atomic mass is 32.1. The van der Waals surface area contributed by atoms with Gasteiger partial charge in [-0.25, -0.2) is 4.39 Å². The zero-order chi connectivity index (χ0) is 12.3. The van der Waals surface area contributed by atoms with E-state index in [4.69, 9.17) is 0 Å². The standard InChI is InChI=1S/C14H13FOS/c1-2-13(16)14-11(7-8-17-14)9-10-3-5-12(15)6-4-10/h3-8H,2,9H2,1H3. The molecule has 0 aliphatic heterocycles. The van der Waals surface area contributed by atoms with Crippen LogP contribution < -0.4 is 0 Å². The van der Waals surface area contributed by atoms with Crippen molar-refractivity contribution in [3.8, 4) is 0 Å². The average molecular weight is 248 g/mol. The molecule has 0 unspecified atom stereocenters. The smallest absolute Gasteiger partial charge is 0.172 e. The molecular weight excluding hydrogens is 235 g/mol. The molecule has 1 heterocycles. The minimum atomic E-state index is -0.232. The summed E-state index contributed by atoms with van der Waals surface area (Å²) < 4.78 is 12.8. The van der Waals surface area contributed by atoms with E-state index in [2.05, 4.69) is 0 Å². The normalized spacial score (nSPS) is 10.5. The van der Waals surface area contributed by atoms with Gasteiger partial charge in [0.1, 0.15) is 5.82 Å². The quantitative estimate of drug-likeness (QED) is 0.745. The zero-order valence-corrected chi connectivity index (χ0v) is 10.4. The molecule has 2 rings (SSSR count). The van der Waals surface area contributed by atoms with Crippen LogP contribution in [0.3, 0.4) is 0 Å². The highest BCUT2D eigenvalue weighted by molar-refractivity contribution is 7.12. The minimum Gasteiger partial charge on any atom is -0.293 e. The summed E-state index contributed by atoms with van der Waals surface area (Å²) in [7, 11) is 0. The van der Waals surface area contributed by atoms with Gasteiger partial charge in [-0.1, -0.05) is 19.1 Å². The fourth-order valence-electron chi connectivity index (χ4n) is 1.70. The molecule has 0 bridgehead atoms. The molecule has 2 aromatic rings. The lowest BCUT2D eigenvalue weighted by atomic mass is 10.0. The van der Waals surface area contributed by atoms with Gasteiger partial charge in [0.15, 0.2) is 5.78 Å². The number of hydrogen-bond acceptors (Lipinski definition) is 2. The van der Waals surface area contributed by atoms with Crippen LogP contribution >= 0.6 is 11.3 Å². The van der Waals surface area contributed by atoms with Crippen LogP contribution in [-0.4, -0.2) is 5.78 Å². The van der Waals surface area contributed by atoms with Crippen molar-refractivity contribution < 1.29 is 9.18 Å². The molecule has 0 aliphatic carbocycles. The molecular formula is C14H13FOS. The number of thiophene rings is 1. The largest absolute Gasteiger partial charge is 0.293 e. The van der Waals surface area contributed by atoms with Gasteiger partial charge in [0.05, 0.1) is 4.88 Å². The van der Waals surface area contributed by atoms with Crippen LogP contribution in [0.5, 0.6) is 0 Å². The van der Waals surface area contributed by atoms with E-state index in [9.17, 15) is 9.18 Å². The fraction of sp³-hybridized carbons (Fsp3) is 0.214. The Morgan fingerprint density at radius 2 is 1.94 bits per heavy atom. The summed E-state index contributed by atoms with van der Waals surface area (Å²) in [5.74, 6) is -0.0546. The van der Waals surface area contributed by atoms with Crippen molar-refractivity contribution in [2.45, 2.75) is 19.8 Å². The van der Waals surface area contributed by atoms with Gasteiger partial charge in [-0.05, 0) is 41.1 Å². The Bertz CT molecular complexity index is 513. The summed E-state index contributed by atoms with van der Waals surface area (Å²) in [5.41, 5.74) is 2.06. The molecule has 1 aromatic heterocycles. The molecule has 88 valence electrons. The molecule has 0 radical (unpaired) electrons. The maximum absolute atomic E-state index is 12.8. The average Bonchev–Trinajstić information content (AvgIpc) is 2.79. The van der Waals surface area contributed by atoms with Gasteiger partial charge in [0.25, 0.3) is 0 Å². The first-order chi connectivity index (χ1) is 8.20. The first-order valence-electron chi connectivity index (χ1n) is 5.54. The predicted molar refractivity (Wildman–Crippen MR) is 68.1 cm³/mol. The zero-order valence-electron chi connectivity index (χ0n) is 9.57. The van der Waals surface area contributed by atoms with Crippen LogP contribution in [0.2, 0.25) is 0 Å². The van der Waals surface area contributed by atoms with Gasteiger partial charge < -0.3 is 0 Å². The van der Waals surface area contributed by atoms with Crippen LogP contribution in [0.25, 0.3) is 0 Å². The third kappa shape index (κ3) is 2.80. The first-order valence-corrected chi connectivity index (χ1v) is 6.42. The molecule has 0 spiro atoms. The Kier molecular flexibility index (Phi) is 3.69. The van der Waals surface area contributed by atoms with Crippen molar-refractivity contribution in [2.75, 3.05) is 0 Å². The number of rotatable bonds is 4. The van der Waals surface area contributed by atoms with E-state index in [1.165, 1.54) is 23.5 Å². The highest BCUT2D eigenvalue weighted by Crippen LogP contribution is 2.21. The van der Waals surface area contributed by atoms with Gasteiger partial charge in [0, 0.05) is 6.42 Å². The third-order valence-corrected chi connectivity index (χ3v) is 3.63. The third-order valence-electron chi connectivity index (χ3n) is 2.63. The molecule has 0 atom stereocenters. The number of carbonyl (C=O) groups is 1. The van der Waals surface area contributed by atoms with E-state index in [0.717, 1.165) is 16.0 Å². The van der Waals surface area contributed by atoms with Gasteiger partial charge in [0.2, 0.25) is 0 Å². The number of benzene rings is 1. The second kappa shape index (κ2) is 5.23. The second-order valence-corrected chi connectivity index (χ2v) is 4.77. The lowest BCUT2D eigenvalue weighted by molar-refractivity contribution is 0.0991. The van der Waals surface area contributed by atoms with Crippen molar-refractivity contribution >= 4 is 17.1 Å². The maximum Gasteiger partial charge on any atom is 0.172 e. The minimum absolute atomic E-state index is 0.178. The lowest BCUT2D eigenvalue weighted by Gasteiger charge is -2.02. The van der Waals surface area contributed by atoms with Crippen molar-refractivity contribution in [3.05, 3.63) is 57.5 Å². The number of carbonyl (C=O) groups excluding carboxylic acids is 1. The van der Waals surface area contributed by atoms with Crippen molar-refractivity contribution in [2.24, 2.45) is 0 Å². The number of ketones is 1. The first kappa shape index (κ1) is 12.0.